The summed E-state index contributed by atoms with van der Waals surface area (Å²) in [6.45, 7) is 0. The van der Waals surface area contributed by atoms with Crippen molar-refractivity contribution in [3.63, 3.8) is 0 Å². The van der Waals surface area contributed by atoms with Gasteiger partial charge >= 0.3 is 5.97 Å². The summed E-state index contributed by atoms with van der Waals surface area (Å²) in [7, 11) is 1.37. The molecular weight excluding hydrogens is 380 g/mol. The van der Waals surface area contributed by atoms with Crippen LogP contribution in [0.15, 0.2) is 65.1 Å². The first-order valence-electron chi connectivity index (χ1n) is 7.83. The number of phenolic OH excluding ortho intramolecular Hbond substituents is 1. The summed E-state index contributed by atoms with van der Waals surface area (Å²) in [6, 6.07) is 16.9. The molecule has 0 atom stereocenters. The fourth-order valence-corrected chi connectivity index (χ4v) is 3.02. The summed E-state index contributed by atoms with van der Waals surface area (Å²) in [5.74, 6) is -0.0525. The topological polar surface area (TPSA) is 46.5 Å². The van der Waals surface area contributed by atoms with E-state index in [1.807, 2.05) is 48.6 Å². The van der Waals surface area contributed by atoms with E-state index in [0.29, 0.717) is 17.7 Å². The van der Waals surface area contributed by atoms with Crippen molar-refractivity contribution in [1.82, 2.24) is 0 Å². The van der Waals surface area contributed by atoms with Crippen LogP contribution in [0.1, 0.15) is 21.5 Å². The molecular formula is C21H17BrO3. The third-order valence-electron chi connectivity index (χ3n) is 3.98. The second kappa shape index (κ2) is 7.53. The number of aromatic hydroxyl groups is 1. The van der Waals surface area contributed by atoms with E-state index in [9.17, 15) is 9.90 Å². The van der Waals surface area contributed by atoms with Crippen LogP contribution < -0.4 is 0 Å². The average Bonchev–Trinajstić information content (AvgIpc) is 2.62. The van der Waals surface area contributed by atoms with Gasteiger partial charge in [0.05, 0.1) is 12.7 Å². The van der Waals surface area contributed by atoms with Gasteiger partial charge in [-0.25, -0.2) is 4.79 Å². The van der Waals surface area contributed by atoms with Crippen molar-refractivity contribution in [3.05, 3.63) is 81.8 Å². The van der Waals surface area contributed by atoms with Gasteiger partial charge in [0, 0.05) is 4.47 Å². The molecule has 3 nitrogen and oxygen atoms in total. The maximum Gasteiger partial charge on any atom is 0.337 e. The van der Waals surface area contributed by atoms with Crippen LogP contribution in [0.4, 0.5) is 0 Å². The lowest BCUT2D eigenvalue weighted by atomic mass is 10.0. The van der Waals surface area contributed by atoms with E-state index in [1.165, 1.54) is 7.11 Å². The molecule has 0 unspecified atom stereocenters. The van der Waals surface area contributed by atoms with E-state index in [0.717, 1.165) is 26.4 Å². The Morgan fingerprint density at radius 3 is 2.56 bits per heavy atom. The first-order valence-corrected chi connectivity index (χ1v) is 8.62. The number of allylic oxidation sites excluding steroid dienone is 1. The second-order valence-electron chi connectivity index (χ2n) is 5.69. The minimum absolute atomic E-state index is 0.292. The van der Waals surface area contributed by atoms with Gasteiger partial charge in [0.1, 0.15) is 5.75 Å². The first kappa shape index (κ1) is 17.2. The van der Waals surface area contributed by atoms with Gasteiger partial charge in [0.25, 0.3) is 0 Å². The molecule has 0 amide bonds. The largest absolute Gasteiger partial charge is 0.508 e. The first-order chi connectivity index (χ1) is 12.1. The summed E-state index contributed by atoms with van der Waals surface area (Å²) in [6.07, 6.45) is 4.57. The number of ether oxygens (including phenoxy) is 1. The predicted octanol–water partition coefficient (Wildman–Crippen LogP) is 5.35. The van der Waals surface area contributed by atoms with Crippen molar-refractivity contribution in [1.29, 1.82) is 0 Å². The van der Waals surface area contributed by atoms with Crippen LogP contribution in [-0.4, -0.2) is 18.2 Å². The van der Waals surface area contributed by atoms with Crippen molar-refractivity contribution in [2.45, 2.75) is 6.42 Å². The predicted molar refractivity (Wildman–Crippen MR) is 104 cm³/mol. The van der Waals surface area contributed by atoms with Gasteiger partial charge in [-0.2, -0.15) is 0 Å². The highest BCUT2D eigenvalue weighted by Gasteiger charge is 2.04. The fraction of sp³-hybridized carbons (Fsp3) is 0.0952. The molecule has 3 aromatic carbocycles. The molecule has 0 aliphatic carbocycles. The van der Waals surface area contributed by atoms with E-state index in [2.05, 4.69) is 20.7 Å². The SMILES string of the molecule is COC(=O)c1ccc(/C=C/Cc2cc3cc(Br)ccc3cc2O)cc1. The molecule has 126 valence electrons. The van der Waals surface area contributed by atoms with Crippen LogP contribution in [0.2, 0.25) is 0 Å². The smallest absolute Gasteiger partial charge is 0.337 e. The number of esters is 1. The highest BCUT2D eigenvalue weighted by atomic mass is 79.9. The van der Waals surface area contributed by atoms with E-state index >= 15 is 0 Å². The van der Waals surface area contributed by atoms with Crippen LogP contribution in [-0.2, 0) is 11.2 Å². The highest BCUT2D eigenvalue weighted by Crippen LogP contribution is 2.28. The van der Waals surface area contributed by atoms with Crippen LogP contribution in [0.5, 0.6) is 5.75 Å². The number of carbonyl (C=O) groups is 1. The average molecular weight is 397 g/mol. The Labute approximate surface area is 154 Å². The Bertz CT molecular complexity index is 943. The lowest BCUT2D eigenvalue weighted by Gasteiger charge is -2.06. The molecule has 0 aliphatic rings. The highest BCUT2D eigenvalue weighted by molar-refractivity contribution is 9.10. The Hall–Kier alpha value is -2.59. The van der Waals surface area contributed by atoms with Crippen molar-refractivity contribution >= 4 is 38.7 Å². The van der Waals surface area contributed by atoms with Gasteiger partial charge in [-0.3, -0.25) is 0 Å². The molecule has 0 fully saturated rings. The molecule has 4 heteroatoms. The number of carbonyl (C=O) groups excluding carboxylic acids is 1. The van der Waals surface area contributed by atoms with Gasteiger partial charge in [0.15, 0.2) is 0 Å². The van der Waals surface area contributed by atoms with Gasteiger partial charge < -0.3 is 9.84 Å². The minimum atomic E-state index is -0.345. The molecule has 25 heavy (non-hydrogen) atoms. The summed E-state index contributed by atoms with van der Waals surface area (Å²) >= 11 is 3.47. The lowest BCUT2D eigenvalue weighted by molar-refractivity contribution is 0.0600. The number of fused-ring (bicyclic) bond motifs is 1. The number of benzene rings is 3. The molecule has 0 heterocycles. The van der Waals surface area contributed by atoms with Crippen LogP contribution in [0.25, 0.3) is 16.8 Å². The van der Waals surface area contributed by atoms with Crippen molar-refractivity contribution in [2.24, 2.45) is 0 Å². The van der Waals surface area contributed by atoms with E-state index in [-0.39, 0.29) is 5.97 Å². The zero-order valence-corrected chi connectivity index (χ0v) is 15.3. The summed E-state index contributed by atoms with van der Waals surface area (Å²) in [4.78, 5) is 11.4. The Kier molecular flexibility index (Phi) is 5.19. The molecule has 0 saturated heterocycles. The van der Waals surface area contributed by atoms with Crippen LogP contribution >= 0.6 is 15.9 Å². The standard InChI is InChI=1S/C21H17BrO3/c1-25-21(24)15-7-5-14(6-8-15)3-2-4-17-11-18-12-19(22)10-9-16(18)13-20(17)23/h2-3,5-13,23H,4H2,1H3/b3-2+. The number of methoxy groups -OCH3 is 1. The third-order valence-corrected chi connectivity index (χ3v) is 4.47. The molecule has 0 radical (unpaired) electrons. The molecule has 0 spiro atoms. The molecule has 0 bridgehead atoms. The normalized spacial score (nSPS) is 11.1. The minimum Gasteiger partial charge on any atom is -0.508 e. The van der Waals surface area contributed by atoms with E-state index in [4.69, 9.17) is 0 Å². The summed E-state index contributed by atoms with van der Waals surface area (Å²) in [5.41, 5.74) is 2.38. The zero-order chi connectivity index (χ0) is 17.8. The molecule has 0 aliphatic heterocycles. The van der Waals surface area contributed by atoms with Crippen LogP contribution in [0.3, 0.4) is 0 Å². The van der Waals surface area contributed by atoms with Crippen LogP contribution in [0, 0.1) is 0 Å². The third kappa shape index (κ3) is 4.09. The van der Waals surface area contributed by atoms with Crippen molar-refractivity contribution in [3.8, 4) is 5.75 Å². The Morgan fingerprint density at radius 2 is 1.84 bits per heavy atom. The maximum atomic E-state index is 11.4. The van der Waals surface area contributed by atoms with Crippen molar-refractivity contribution in [2.75, 3.05) is 7.11 Å². The number of hydrogen-bond acceptors (Lipinski definition) is 3. The monoisotopic (exact) mass is 396 g/mol. The number of hydrogen-bond donors (Lipinski definition) is 1. The van der Waals surface area contributed by atoms with E-state index in [1.54, 1.807) is 18.2 Å². The summed E-state index contributed by atoms with van der Waals surface area (Å²) < 4.78 is 5.70. The van der Waals surface area contributed by atoms with Gasteiger partial charge in [-0.1, -0.05) is 46.3 Å². The van der Waals surface area contributed by atoms with E-state index < -0.39 is 0 Å². The van der Waals surface area contributed by atoms with Gasteiger partial charge in [0.2, 0.25) is 0 Å². The fourth-order valence-electron chi connectivity index (χ4n) is 2.64. The summed E-state index contributed by atoms with van der Waals surface area (Å²) in [5, 5.41) is 12.3. The lowest BCUT2D eigenvalue weighted by Crippen LogP contribution is -2.00. The van der Waals surface area contributed by atoms with Gasteiger partial charge in [-0.15, -0.1) is 0 Å². The second-order valence-corrected chi connectivity index (χ2v) is 6.61. The quantitative estimate of drug-likeness (QED) is 0.604. The molecule has 0 saturated carbocycles. The number of halogens is 1. The van der Waals surface area contributed by atoms with Crippen molar-refractivity contribution < 1.29 is 14.6 Å². The molecule has 1 N–H and O–H groups in total. The Balaban J connectivity index is 1.76. The number of rotatable bonds is 4. The maximum absolute atomic E-state index is 11.4. The molecule has 3 aromatic rings. The zero-order valence-electron chi connectivity index (χ0n) is 13.7. The molecule has 3 rings (SSSR count). The number of phenols is 1. The molecule has 0 aromatic heterocycles. The Morgan fingerprint density at radius 1 is 1.08 bits per heavy atom. The van der Waals surface area contributed by atoms with Gasteiger partial charge in [-0.05, 0) is 64.7 Å².